The number of carbonyl (C=O) groups excluding carboxylic acids is 2. The van der Waals surface area contributed by atoms with Crippen LogP contribution in [0.15, 0.2) is 65.6 Å². The van der Waals surface area contributed by atoms with Crippen LogP contribution in [0.3, 0.4) is 0 Å². The molecule has 0 unspecified atom stereocenters. The molecule has 0 aliphatic carbocycles. The van der Waals surface area contributed by atoms with Gasteiger partial charge in [0.05, 0.1) is 0 Å². The maximum Gasteiger partial charge on any atom is 0.324 e. The summed E-state index contributed by atoms with van der Waals surface area (Å²) in [5.41, 5.74) is 5.83. The molecule has 0 saturated heterocycles. The predicted octanol–water partition coefficient (Wildman–Crippen LogP) is 2.55. The molecule has 2 aromatic rings. The maximum atomic E-state index is 12.2. The summed E-state index contributed by atoms with van der Waals surface area (Å²) in [7, 11) is 0. The van der Waals surface area contributed by atoms with Crippen LogP contribution in [0.2, 0.25) is 0 Å². The topological polar surface area (TPSA) is 69.4 Å². The lowest BCUT2D eigenvalue weighted by molar-refractivity contribution is -0.147. The Morgan fingerprint density at radius 1 is 1.00 bits per heavy atom. The average molecular weight is 301 g/mol. The minimum Gasteiger partial charge on any atom is -0.455 e. The fourth-order valence-electron chi connectivity index (χ4n) is 1.73. The van der Waals surface area contributed by atoms with Gasteiger partial charge in [-0.05, 0) is 17.7 Å². The molecule has 108 valence electrons. The first-order chi connectivity index (χ1) is 10.2. The zero-order valence-corrected chi connectivity index (χ0v) is 12.1. The summed E-state index contributed by atoms with van der Waals surface area (Å²) in [5, 5.41) is -0.534. The molecule has 1 amide bonds. The first-order valence-corrected chi connectivity index (χ1v) is 7.26. The van der Waals surface area contributed by atoms with Crippen LogP contribution in [-0.2, 0) is 14.3 Å². The van der Waals surface area contributed by atoms with Crippen LogP contribution in [-0.4, -0.2) is 18.5 Å². The zero-order chi connectivity index (χ0) is 15.1. The lowest BCUT2D eigenvalue weighted by Gasteiger charge is -2.15. The number of hydrogen-bond donors (Lipinski definition) is 1. The number of rotatable bonds is 6. The molecule has 2 N–H and O–H groups in total. The Labute approximate surface area is 127 Å². The molecule has 0 heterocycles. The van der Waals surface area contributed by atoms with Crippen molar-refractivity contribution in [3.63, 3.8) is 0 Å². The maximum absolute atomic E-state index is 12.2. The fourth-order valence-corrected chi connectivity index (χ4v) is 2.78. The summed E-state index contributed by atoms with van der Waals surface area (Å²) >= 11 is 1.37. The molecule has 21 heavy (non-hydrogen) atoms. The van der Waals surface area contributed by atoms with Gasteiger partial charge in [0.15, 0.2) is 6.61 Å². The minimum atomic E-state index is -0.667. The van der Waals surface area contributed by atoms with Gasteiger partial charge in [-0.15, -0.1) is 11.8 Å². The van der Waals surface area contributed by atoms with Crippen molar-refractivity contribution in [1.29, 1.82) is 0 Å². The second kappa shape index (κ2) is 7.50. The zero-order valence-electron chi connectivity index (χ0n) is 11.3. The normalized spacial score (nSPS) is 11.6. The Bertz CT molecular complexity index is 601. The van der Waals surface area contributed by atoms with Crippen molar-refractivity contribution in [3.05, 3.63) is 66.2 Å². The van der Waals surface area contributed by atoms with E-state index in [0.717, 1.165) is 10.5 Å². The van der Waals surface area contributed by atoms with Crippen molar-refractivity contribution in [2.45, 2.75) is 10.1 Å². The highest BCUT2D eigenvalue weighted by molar-refractivity contribution is 8.00. The summed E-state index contributed by atoms with van der Waals surface area (Å²) < 4.78 is 4.96. The molecule has 0 aliphatic rings. The molecule has 0 fully saturated rings. The number of ether oxygens (including phenoxy) is 1. The number of primary amides is 1. The quantitative estimate of drug-likeness (QED) is 0.657. The molecule has 0 spiro atoms. The van der Waals surface area contributed by atoms with E-state index < -0.39 is 23.7 Å². The Morgan fingerprint density at radius 2 is 1.57 bits per heavy atom. The van der Waals surface area contributed by atoms with Gasteiger partial charge in [0.25, 0.3) is 5.91 Å². The monoisotopic (exact) mass is 301 g/mol. The molecular weight excluding hydrogens is 286 g/mol. The van der Waals surface area contributed by atoms with Gasteiger partial charge in [-0.25, -0.2) is 0 Å². The highest BCUT2D eigenvalue weighted by Gasteiger charge is 2.23. The molecule has 0 aliphatic heterocycles. The number of thioether (sulfide) groups is 1. The van der Waals surface area contributed by atoms with Crippen molar-refractivity contribution in [2.24, 2.45) is 5.73 Å². The largest absolute Gasteiger partial charge is 0.455 e. The fraction of sp³-hybridized carbons (Fsp3) is 0.125. The number of esters is 1. The first kappa shape index (κ1) is 15.1. The summed E-state index contributed by atoms with van der Waals surface area (Å²) in [4.78, 5) is 23.9. The standard InChI is InChI=1S/C16H15NO3S/c17-14(18)11-20-16(19)15(12-7-3-1-4-8-12)21-13-9-5-2-6-10-13/h1-10,15H,11H2,(H2,17,18)/t15-/m0/s1. The van der Waals surface area contributed by atoms with Crippen LogP contribution in [0.25, 0.3) is 0 Å². The highest BCUT2D eigenvalue weighted by Crippen LogP contribution is 2.35. The lowest BCUT2D eigenvalue weighted by Crippen LogP contribution is -2.23. The van der Waals surface area contributed by atoms with Gasteiger partial charge >= 0.3 is 5.97 Å². The Kier molecular flexibility index (Phi) is 5.40. The number of amides is 1. The van der Waals surface area contributed by atoms with E-state index >= 15 is 0 Å². The Balaban J connectivity index is 2.18. The average Bonchev–Trinajstić information content (AvgIpc) is 2.52. The van der Waals surface area contributed by atoms with Crippen molar-refractivity contribution in [2.75, 3.05) is 6.61 Å². The van der Waals surface area contributed by atoms with E-state index in [9.17, 15) is 9.59 Å². The molecule has 0 bridgehead atoms. The molecule has 4 nitrogen and oxygen atoms in total. The van der Waals surface area contributed by atoms with E-state index in [1.165, 1.54) is 11.8 Å². The summed E-state index contributed by atoms with van der Waals surface area (Å²) in [5.74, 6) is -1.14. The van der Waals surface area contributed by atoms with Gasteiger partial charge in [-0.3, -0.25) is 9.59 Å². The molecule has 0 radical (unpaired) electrons. The third-order valence-electron chi connectivity index (χ3n) is 2.67. The number of hydrogen-bond acceptors (Lipinski definition) is 4. The van der Waals surface area contributed by atoms with Crippen LogP contribution in [0.5, 0.6) is 0 Å². The van der Waals surface area contributed by atoms with Crippen LogP contribution >= 0.6 is 11.8 Å². The third-order valence-corrected chi connectivity index (χ3v) is 3.91. The smallest absolute Gasteiger partial charge is 0.324 e. The number of benzene rings is 2. The SMILES string of the molecule is NC(=O)COC(=O)[C@@H](Sc1ccccc1)c1ccccc1. The highest BCUT2D eigenvalue weighted by atomic mass is 32.2. The van der Waals surface area contributed by atoms with Gasteiger partial charge in [0, 0.05) is 4.90 Å². The summed E-state index contributed by atoms with van der Waals surface area (Å²) in [6, 6.07) is 18.8. The van der Waals surface area contributed by atoms with Crippen LogP contribution < -0.4 is 5.73 Å². The molecule has 0 saturated carbocycles. The van der Waals surface area contributed by atoms with Crippen molar-refractivity contribution < 1.29 is 14.3 Å². The van der Waals surface area contributed by atoms with Gasteiger partial charge < -0.3 is 10.5 Å². The molecule has 2 rings (SSSR count). The van der Waals surface area contributed by atoms with Gasteiger partial charge in [-0.1, -0.05) is 48.5 Å². The second-order valence-electron chi connectivity index (χ2n) is 4.30. The van der Waals surface area contributed by atoms with E-state index in [2.05, 4.69) is 0 Å². The van der Waals surface area contributed by atoms with Gasteiger partial charge in [0.2, 0.25) is 0 Å². The Hall–Kier alpha value is -2.27. The predicted molar refractivity (Wildman–Crippen MR) is 81.6 cm³/mol. The van der Waals surface area contributed by atoms with Crippen LogP contribution in [0, 0.1) is 0 Å². The molecule has 2 aromatic carbocycles. The van der Waals surface area contributed by atoms with Crippen molar-refractivity contribution >= 4 is 23.6 Å². The van der Waals surface area contributed by atoms with E-state index in [4.69, 9.17) is 10.5 Å². The Morgan fingerprint density at radius 3 is 2.14 bits per heavy atom. The van der Waals surface area contributed by atoms with Crippen molar-refractivity contribution in [1.82, 2.24) is 0 Å². The minimum absolute atomic E-state index is 0.405. The number of nitrogens with two attached hydrogens (primary N) is 1. The van der Waals surface area contributed by atoms with Gasteiger partial charge in [-0.2, -0.15) is 0 Å². The summed E-state index contributed by atoms with van der Waals surface area (Å²) in [6.07, 6.45) is 0. The lowest BCUT2D eigenvalue weighted by atomic mass is 10.1. The molecule has 0 aromatic heterocycles. The van der Waals surface area contributed by atoms with Crippen LogP contribution in [0.4, 0.5) is 0 Å². The molecule has 5 heteroatoms. The van der Waals surface area contributed by atoms with E-state index in [-0.39, 0.29) is 0 Å². The van der Waals surface area contributed by atoms with E-state index in [0.29, 0.717) is 0 Å². The first-order valence-electron chi connectivity index (χ1n) is 6.38. The number of carbonyl (C=O) groups is 2. The molecule has 1 atom stereocenters. The third kappa shape index (κ3) is 4.65. The van der Waals surface area contributed by atoms with Crippen LogP contribution in [0.1, 0.15) is 10.8 Å². The van der Waals surface area contributed by atoms with E-state index in [1.807, 2.05) is 60.7 Å². The van der Waals surface area contributed by atoms with Gasteiger partial charge in [0.1, 0.15) is 5.25 Å². The van der Waals surface area contributed by atoms with E-state index in [1.54, 1.807) is 0 Å². The van der Waals surface area contributed by atoms with Crippen molar-refractivity contribution in [3.8, 4) is 0 Å². The second-order valence-corrected chi connectivity index (χ2v) is 5.47. The molecular formula is C16H15NO3S. The summed E-state index contributed by atoms with van der Waals surface area (Å²) in [6.45, 7) is -0.405.